The van der Waals surface area contributed by atoms with Crippen LogP contribution in [-0.2, 0) is 6.54 Å². The van der Waals surface area contributed by atoms with Gasteiger partial charge in [0, 0.05) is 12.1 Å². The van der Waals surface area contributed by atoms with Crippen molar-refractivity contribution in [2.75, 3.05) is 13.1 Å². The van der Waals surface area contributed by atoms with E-state index in [9.17, 15) is 0 Å². The van der Waals surface area contributed by atoms with Gasteiger partial charge in [0.25, 0.3) is 0 Å². The molecule has 2 rings (SSSR count). The minimum absolute atomic E-state index is 0.173. The number of rotatable bonds is 10. The van der Waals surface area contributed by atoms with Crippen LogP contribution in [0.1, 0.15) is 55.7 Å². The number of nitrogens with zero attached hydrogens (tertiary/aromatic N) is 1. The zero-order chi connectivity index (χ0) is 19.9. The molecular weight excluding hydrogens is 335 g/mol. The Balaban J connectivity index is 1.82. The highest BCUT2D eigenvalue weighted by atomic mass is 16.4. The number of unbranched alkanes of at least 4 members (excludes halogenated alkanes) is 1. The Morgan fingerprint density at radius 2 is 1.85 bits per heavy atom. The molecule has 1 saturated heterocycles. The van der Waals surface area contributed by atoms with Gasteiger partial charge in [-0.2, -0.15) is 0 Å². The molecule has 1 fully saturated rings. The van der Waals surface area contributed by atoms with E-state index in [4.69, 9.17) is 15.8 Å². The van der Waals surface area contributed by atoms with Crippen molar-refractivity contribution in [1.82, 2.24) is 4.90 Å². The maximum atomic E-state index is 8.95. The van der Waals surface area contributed by atoms with Gasteiger partial charge in [-0.25, -0.2) is 0 Å². The lowest BCUT2D eigenvalue weighted by Crippen LogP contribution is -2.49. The molecule has 4 nitrogen and oxygen atoms in total. The van der Waals surface area contributed by atoms with Crippen LogP contribution >= 0.6 is 0 Å². The van der Waals surface area contributed by atoms with Crippen molar-refractivity contribution in [2.45, 2.75) is 57.4 Å². The summed E-state index contributed by atoms with van der Waals surface area (Å²) in [5, 5.41) is 17.9. The van der Waals surface area contributed by atoms with Gasteiger partial charge in [0.1, 0.15) is 0 Å². The highest BCUT2D eigenvalue weighted by molar-refractivity contribution is 6.40. The molecular formula is C22H35BN2O2. The summed E-state index contributed by atoms with van der Waals surface area (Å²) in [5.74, 6) is 0.527. The van der Waals surface area contributed by atoms with Gasteiger partial charge in [-0.05, 0) is 74.3 Å². The topological polar surface area (TPSA) is 69.7 Å². The van der Waals surface area contributed by atoms with Gasteiger partial charge < -0.3 is 15.8 Å². The van der Waals surface area contributed by atoms with Gasteiger partial charge >= 0.3 is 7.12 Å². The molecule has 0 aromatic heterocycles. The average Bonchev–Trinajstić information content (AvgIpc) is 2.65. The van der Waals surface area contributed by atoms with Crippen LogP contribution in [0.2, 0.25) is 6.32 Å². The van der Waals surface area contributed by atoms with Gasteiger partial charge in [-0.3, -0.25) is 4.90 Å². The predicted molar refractivity (Wildman–Crippen MR) is 116 cm³/mol. The van der Waals surface area contributed by atoms with E-state index in [1.165, 1.54) is 5.56 Å². The molecule has 27 heavy (non-hydrogen) atoms. The molecule has 0 amide bonds. The molecule has 5 heteroatoms. The first kappa shape index (κ1) is 21.9. The molecule has 0 bridgehead atoms. The Hall–Kier alpha value is -1.40. The van der Waals surface area contributed by atoms with E-state index in [1.54, 1.807) is 0 Å². The van der Waals surface area contributed by atoms with Crippen LogP contribution in [0.15, 0.2) is 31.4 Å². The quantitative estimate of drug-likeness (QED) is 0.435. The summed E-state index contributed by atoms with van der Waals surface area (Å²) in [6.45, 7) is 13.0. The Morgan fingerprint density at radius 3 is 2.44 bits per heavy atom. The number of likely N-dealkylation sites (tertiary alicyclic amines) is 1. The minimum atomic E-state index is -1.19. The Labute approximate surface area is 164 Å². The number of piperidine rings is 1. The van der Waals surface area contributed by atoms with Gasteiger partial charge in [-0.15, -0.1) is 0 Å². The fraction of sp³-hybridized carbons (Fsp3) is 0.545. The van der Waals surface area contributed by atoms with Crippen molar-refractivity contribution in [3.05, 3.63) is 48.0 Å². The summed E-state index contributed by atoms with van der Waals surface area (Å²) in [6.07, 6.45) is 9.14. The first-order valence-electron chi connectivity index (χ1n) is 10.1. The van der Waals surface area contributed by atoms with Gasteiger partial charge in [0.05, 0.1) is 0 Å². The number of hydrogen-bond donors (Lipinski definition) is 3. The van der Waals surface area contributed by atoms with Crippen LogP contribution in [0, 0.1) is 5.92 Å². The van der Waals surface area contributed by atoms with Crippen LogP contribution in [0.3, 0.4) is 0 Å². The second-order valence-corrected chi connectivity index (χ2v) is 8.15. The van der Waals surface area contributed by atoms with Crippen molar-refractivity contribution >= 4 is 19.3 Å². The van der Waals surface area contributed by atoms with Gasteiger partial charge in [-0.1, -0.05) is 50.3 Å². The summed E-state index contributed by atoms with van der Waals surface area (Å²) in [7, 11) is -1.19. The summed E-state index contributed by atoms with van der Waals surface area (Å²) in [4.78, 5) is 2.50. The fourth-order valence-corrected chi connectivity index (χ4v) is 4.13. The van der Waals surface area contributed by atoms with Crippen LogP contribution < -0.4 is 5.73 Å². The Bertz CT molecular complexity index is 623. The van der Waals surface area contributed by atoms with Crippen molar-refractivity contribution in [3.8, 4) is 0 Å². The Morgan fingerprint density at radius 1 is 1.19 bits per heavy atom. The largest absolute Gasteiger partial charge is 0.451 e. The van der Waals surface area contributed by atoms with Crippen LogP contribution in [0.25, 0.3) is 12.2 Å². The molecule has 1 unspecified atom stereocenters. The maximum Gasteiger partial charge on any atom is 0.451 e. The molecule has 0 radical (unpaired) electrons. The molecule has 1 aliphatic heterocycles. The van der Waals surface area contributed by atoms with Crippen LogP contribution in [0.5, 0.6) is 0 Å². The smallest absolute Gasteiger partial charge is 0.427 e. The molecule has 0 saturated carbocycles. The number of nitrogens with two attached hydrogens (primary N) is 1. The maximum absolute atomic E-state index is 8.95. The van der Waals surface area contributed by atoms with Crippen molar-refractivity contribution in [2.24, 2.45) is 11.7 Å². The lowest BCUT2D eigenvalue weighted by molar-refractivity contribution is 0.125. The second kappa shape index (κ2) is 10.2. The molecule has 1 atom stereocenters. The van der Waals surface area contributed by atoms with Crippen LogP contribution in [0.4, 0.5) is 0 Å². The second-order valence-electron chi connectivity index (χ2n) is 8.15. The molecule has 0 spiro atoms. The van der Waals surface area contributed by atoms with Gasteiger partial charge in [0.2, 0.25) is 0 Å². The predicted octanol–water partition coefficient (Wildman–Crippen LogP) is 3.55. The lowest BCUT2D eigenvalue weighted by Gasteiger charge is -2.40. The van der Waals surface area contributed by atoms with Crippen molar-refractivity contribution < 1.29 is 10.0 Å². The average molecular weight is 370 g/mol. The first-order chi connectivity index (χ1) is 12.9. The number of benzene rings is 1. The molecule has 1 heterocycles. The van der Waals surface area contributed by atoms with E-state index in [-0.39, 0.29) is 5.54 Å². The van der Waals surface area contributed by atoms with Crippen molar-refractivity contribution in [1.29, 1.82) is 0 Å². The van der Waals surface area contributed by atoms with E-state index in [0.29, 0.717) is 12.2 Å². The molecule has 0 aliphatic carbocycles. The highest BCUT2D eigenvalue weighted by Crippen LogP contribution is 2.31. The molecule has 1 aromatic rings. The summed E-state index contributed by atoms with van der Waals surface area (Å²) < 4.78 is 0. The van der Waals surface area contributed by atoms with E-state index in [0.717, 1.165) is 62.9 Å². The number of hydrogen-bond acceptors (Lipinski definition) is 4. The highest BCUT2D eigenvalue weighted by Gasteiger charge is 2.32. The minimum Gasteiger partial charge on any atom is -0.427 e. The first-order valence-corrected chi connectivity index (χ1v) is 10.1. The summed E-state index contributed by atoms with van der Waals surface area (Å²) in [6, 6.07) is 6.50. The molecule has 1 aliphatic rings. The Kier molecular flexibility index (Phi) is 8.30. The lowest BCUT2D eigenvalue weighted by atomic mass is 9.75. The zero-order valence-corrected chi connectivity index (χ0v) is 16.7. The van der Waals surface area contributed by atoms with E-state index < -0.39 is 7.12 Å². The third-order valence-electron chi connectivity index (χ3n) is 5.95. The van der Waals surface area contributed by atoms with Crippen molar-refractivity contribution in [3.63, 3.8) is 0 Å². The normalized spacial score (nSPS) is 18.1. The monoisotopic (exact) mass is 370 g/mol. The van der Waals surface area contributed by atoms with Crippen LogP contribution in [-0.4, -0.2) is 40.7 Å². The fourth-order valence-electron chi connectivity index (χ4n) is 4.13. The molecule has 4 N–H and O–H groups in total. The summed E-state index contributed by atoms with van der Waals surface area (Å²) >= 11 is 0. The third-order valence-corrected chi connectivity index (χ3v) is 5.95. The third kappa shape index (κ3) is 6.61. The molecule has 148 valence electrons. The van der Waals surface area contributed by atoms with Gasteiger partial charge in [0.15, 0.2) is 0 Å². The summed E-state index contributed by atoms with van der Waals surface area (Å²) in [5.41, 5.74) is 10.0. The molecule has 1 aromatic carbocycles. The SMILES string of the molecule is C=Cc1ccc(CN2CCC(C(C)(N)CCCCB(O)O)CC2)cc1C=C. The standard InChI is InChI=1S/C22H35BN2O2/c1-4-19-9-8-18(16-20(19)5-2)17-25-14-10-21(11-15-25)22(3,24)12-6-7-13-23(26)27/h4-5,8-9,16,21,26-27H,1-2,6-7,10-15,17,24H2,3H3. The van der Waals surface area contributed by atoms with E-state index in [1.807, 2.05) is 12.2 Å². The van der Waals surface area contributed by atoms with E-state index in [2.05, 4.69) is 43.2 Å². The zero-order valence-electron chi connectivity index (χ0n) is 16.7. The van der Waals surface area contributed by atoms with E-state index >= 15 is 0 Å².